The summed E-state index contributed by atoms with van der Waals surface area (Å²) in [6.45, 7) is 4.00. The number of rotatable bonds is 1. The SMILES string of the molecule is CC.Fc1cc(F)c(C2c3ccccc3Sc3ccccc32)c(F)c1. The largest absolute Gasteiger partial charge is 0.207 e. The number of benzene rings is 3. The van der Waals surface area contributed by atoms with Gasteiger partial charge in [-0.3, -0.25) is 0 Å². The van der Waals surface area contributed by atoms with Gasteiger partial charge in [-0.2, -0.15) is 0 Å². The van der Waals surface area contributed by atoms with E-state index in [2.05, 4.69) is 0 Å². The molecule has 0 amide bonds. The second-order valence-electron chi connectivity index (χ2n) is 5.39. The lowest BCUT2D eigenvalue weighted by Gasteiger charge is -2.28. The molecule has 3 aromatic carbocycles. The molecule has 0 unspecified atom stereocenters. The summed E-state index contributed by atoms with van der Waals surface area (Å²) in [4.78, 5) is 1.92. The van der Waals surface area contributed by atoms with Crippen molar-refractivity contribution in [3.63, 3.8) is 0 Å². The first-order valence-corrected chi connectivity index (χ1v) is 8.97. The van der Waals surface area contributed by atoms with Crippen LogP contribution in [0.4, 0.5) is 13.2 Å². The topological polar surface area (TPSA) is 0 Å². The van der Waals surface area contributed by atoms with Gasteiger partial charge in [-0.1, -0.05) is 62.0 Å². The first-order valence-electron chi connectivity index (χ1n) is 8.15. The Kier molecular flexibility index (Phi) is 5.19. The lowest BCUT2D eigenvalue weighted by molar-refractivity contribution is 0.519. The van der Waals surface area contributed by atoms with Gasteiger partial charge in [0.1, 0.15) is 17.5 Å². The molecule has 1 aliphatic heterocycles. The standard InChI is InChI=1S/C19H11F3S.C2H6/c20-11-9-14(21)19(15(22)10-11)18-12-5-1-3-7-16(12)23-17-8-4-2-6-13(17)18;1-2/h1-10,18H;1-2H3. The molecule has 0 radical (unpaired) electrons. The van der Waals surface area contributed by atoms with Crippen LogP contribution in [0, 0.1) is 17.5 Å². The third kappa shape index (κ3) is 3.19. The fraction of sp³-hybridized carbons (Fsp3) is 0.143. The highest BCUT2D eigenvalue weighted by Gasteiger charge is 2.31. The molecular formula is C21H17F3S. The van der Waals surface area contributed by atoms with Crippen LogP contribution in [0.25, 0.3) is 0 Å². The van der Waals surface area contributed by atoms with Gasteiger partial charge in [0.25, 0.3) is 0 Å². The van der Waals surface area contributed by atoms with E-state index in [9.17, 15) is 13.2 Å². The Labute approximate surface area is 149 Å². The zero-order valence-electron chi connectivity index (χ0n) is 13.9. The van der Waals surface area contributed by atoms with Gasteiger partial charge in [0.15, 0.2) is 0 Å². The van der Waals surface area contributed by atoms with E-state index in [1.165, 1.54) is 0 Å². The van der Waals surface area contributed by atoms with E-state index < -0.39 is 23.4 Å². The average Bonchev–Trinajstić information content (AvgIpc) is 2.62. The molecule has 0 saturated carbocycles. The van der Waals surface area contributed by atoms with Crippen molar-refractivity contribution in [1.29, 1.82) is 0 Å². The lowest BCUT2D eigenvalue weighted by Crippen LogP contribution is -2.13. The highest BCUT2D eigenvalue weighted by Crippen LogP contribution is 2.49. The minimum absolute atomic E-state index is 0.105. The molecule has 0 spiro atoms. The van der Waals surface area contributed by atoms with Crippen molar-refractivity contribution in [3.8, 4) is 0 Å². The van der Waals surface area contributed by atoms with Crippen molar-refractivity contribution in [2.24, 2.45) is 0 Å². The van der Waals surface area contributed by atoms with Gasteiger partial charge in [0.2, 0.25) is 0 Å². The summed E-state index contributed by atoms with van der Waals surface area (Å²) in [5.41, 5.74) is 1.56. The van der Waals surface area contributed by atoms with Crippen LogP contribution in [0.2, 0.25) is 0 Å². The predicted molar refractivity (Wildman–Crippen MR) is 95.6 cm³/mol. The summed E-state index contributed by atoms with van der Waals surface area (Å²) in [6.07, 6.45) is 0. The number of fused-ring (bicyclic) bond motifs is 2. The zero-order valence-corrected chi connectivity index (χ0v) is 14.7. The van der Waals surface area contributed by atoms with E-state index in [0.717, 1.165) is 33.1 Å². The van der Waals surface area contributed by atoms with Gasteiger partial charge < -0.3 is 0 Å². The van der Waals surface area contributed by atoms with Crippen LogP contribution < -0.4 is 0 Å². The molecule has 0 aromatic heterocycles. The van der Waals surface area contributed by atoms with E-state index in [0.29, 0.717) is 0 Å². The van der Waals surface area contributed by atoms with Crippen LogP contribution in [0.15, 0.2) is 70.5 Å². The lowest BCUT2D eigenvalue weighted by atomic mass is 9.84. The minimum Gasteiger partial charge on any atom is -0.207 e. The first-order chi connectivity index (χ1) is 12.1. The Hall–Kier alpha value is -2.20. The Morgan fingerprint density at radius 1 is 0.720 bits per heavy atom. The monoisotopic (exact) mass is 358 g/mol. The smallest absolute Gasteiger partial charge is 0.133 e. The van der Waals surface area contributed by atoms with Crippen molar-refractivity contribution >= 4 is 11.8 Å². The summed E-state index contributed by atoms with van der Waals surface area (Å²) >= 11 is 1.58. The molecule has 25 heavy (non-hydrogen) atoms. The molecule has 0 fully saturated rings. The van der Waals surface area contributed by atoms with Gasteiger partial charge in [0.05, 0.1) is 0 Å². The first kappa shape index (κ1) is 17.6. The maximum atomic E-state index is 14.4. The molecule has 0 saturated heterocycles. The van der Waals surface area contributed by atoms with Crippen LogP contribution >= 0.6 is 11.8 Å². The van der Waals surface area contributed by atoms with E-state index in [1.807, 2.05) is 62.4 Å². The summed E-state index contributed by atoms with van der Waals surface area (Å²) in [7, 11) is 0. The zero-order chi connectivity index (χ0) is 18.0. The van der Waals surface area contributed by atoms with E-state index >= 15 is 0 Å². The van der Waals surface area contributed by atoms with Crippen molar-refractivity contribution < 1.29 is 13.2 Å². The highest BCUT2D eigenvalue weighted by molar-refractivity contribution is 7.99. The molecule has 3 aromatic rings. The molecule has 1 heterocycles. The quantitative estimate of drug-likeness (QED) is 0.362. The van der Waals surface area contributed by atoms with Gasteiger partial charge in [-0.05, 0) is 23.3 Å². The molecule has 4 rings (SSSR count). The van der Waals surface area contributed by atoms with Crippen LogP contribution in [0.5, 0.6) is 0 Å². The van der Waals surface area contributed by atoms with E-state index in [-0.39, 0.29) is 5.56 Å². The molecule has 0 N–H and O–H groups in total. The summed E-state index contributed by atoms with van der Waals surface area (Å²) in [5, 5.41) is 0. The Balaban J connectivity index is 0.000000880. The second kappa shape index (κ2) is 7.36. The van der Waals surface area contributed by atoms with Gasteiger partial charge in [0, 0.05) is 33.4 Å². The molecule has 1 aliphatic rings. The molecule has 128 valence electrons. The number of halogens is 3. The minimum atomic E-state index is -0.907. The fourth-order valence-electron chi connectivity index (χ4n) is 3.05. The van der Waals surface area contributed by atoms with Gasteiger partial charge in [-0.15, -0.1) is 0 Å². The second-order valence-corrected chi connectivity index (χ2v) is 6.48. The molecule has 0 aliphatic carbocycles. The number of hydrogen-bond acceptors (Lipinski definition) is 1. The van der Waals surface area contributed by atoms with Crippen molar-refractivity contribution in [2.45, 2.75) is 29.6 Å². The van der Waals surface area contributed by atoms with Crippen LogP contribution in [0.1, 0.15) is 36.5 Å². The van der Waals surface area contributed by atoms with Crippen LogP contribution in [-0.4, -0.2) is 0 Å². The maximum absolute atomic E-state index is 14.4. The predicted octanol–water partition coefficient (Wildman–Crippen LogP) is 6.77. The van der Waals surface area contributed by atoms with Gasteiger partial charge >= 0.3 is 0 Å². The maximum Gasteiger partial charge on any atom is 0.133 e. The third-order valence-corrected chi connectivity index (χ3v) is 5.20. The third-order valence-electron chi connectivity index (χ3n) is 4.01. The van der Waals surface area contributed by atoms with Crippen molar-refractivity contribution in [1.82, 2.24) is 0 Å². The van der Waals surface area contributed by atoms with Crippen LogP contribution in [-0.2, 0) is 0 Å². The fourth-order valence-corrected chi connectivity index (χ4v) is 4.19. The average molecular weight is 358 g/mol. The summed E-state index contributed by atoms with van der Waals surface area (Å²) < 4.78 is 42.1. The van der Waals surface area contributed by atoms with Crippen molar-refractivity contribution in [2.75, 3.05) is 0 Å². The molecular weight excluding hydrogens is 341 g/mol. The Morgan fingerprint density at radius 2 is 1.16 bits per heavy atom. The highest BCUT2D eigenvalue weighted by atomic mass is 32.2. The molecule has 0 atom stereocenters. The van der Waals surface area contributed by atoms with Crippen LogP contribution in [0.3, 0.4) is 0 Å². The van der Waals surface area contributed by atoms with E-state index in [4.69, 9.17) is 0 Å². The normalized spacial score (nSPS) is 12.7. The summed E-state index contributed by atoms with van der Waals surface area (Å²) in [6, 6.07) is 16.6. The number of hydrogen-bond donors (Lipinski definition) is 0. The summed E-state index contributed by atoms with van der Waals surface area (Å²) in [5.74, 6) is -3.20. The molecule has 4 heteroatoms. The van der Waals surface area contributed by atoms with E-state index in [1.54, 1.807) is 11.8 Å². The van der Waals surface area contributed by atoms with Gasteiger partial charge in [-0.25, -0.2) is 13.2 Å². The Bertz CT molecular complexity index is 837. The van der Waals surface area contributed by atoms with Crippen molar-refractivity contribution in [3.05, 3.63) is 94.8 Å². The molecule has 0 bridgehead atoms. The molecule has 0 nitrogen and oxygen atoms in total. The Morgan fingerprint density at radius 3 is 1.64 bits per heavy atom.